The van der Waals surface area contributed by atoms with Crippen LogP contribution in [0.25, 0.3) is 5.69 Å². The Morgan fingerprint density at radius 3 is 2.78 bits per heavy atom. The Morgan fingerprint density at radius 1 is 1.17 bits per heavy atom. The first kappa shape index (κ1) is 14.4. The van der Waals surface area contributed by atoms with Gasteiger partial charge in [0.2, 0.25) is 0 Å². The summed E-state index contributed by atoms with van der Waals surface area (Å²) in [4.78, 5) is 16.9. The molecule has 2 bridgehead atoms. The quantitative estimate of drug-likeness (QED) is 0.914. The van der Waals surface area contributed by atoms with Gasteiger partial charge in [-0.05, 0) is 44.9 Å². The third-order valence-corrected chi connectivity index (χ3v) is 4.91. The highest BCUT2D eigenvalue weighted by molar-refractivity contribution is 5.98. The van der Waals surface area contributed by atoms with Gasteiger partial charge in [-0.25, -0.2) is 0 Å². The number of hydrogen-bond donors (Lipinski definition) is 1. The lowest BCUT2D eigenvalue weighted by atomic mass is 10.1. The standard InChI is InChI=1S/C17H21N5O/c1-12-2-5-16(22-19-8-9-20-22)15(10-12)17(23)21-13-3-4-14(21)11-18-7-6-13/h2,5,8-10,13-14,18H,3-4,6-7,11H2,1H3. The fourth-order valence-corrected chi connectivity index (χ4v) is 3.79. The molecule has 23 heavy (non-hydrogen) atoms. The Morgan fingerprint density at radius 2 is 1.96 bits per heavy atom. The molecule has 0 radical (unpaired) electrons. The van der Waals surface area contributed by atoms with E-state index in [4.69, 9.17) is 0 Å². The molecular weight excluding hydrogens is 290 g/mol. The molecule has 2 fully saturated rings. The van der Waals surface area contributed by atoms with Crippen molar-refractivity contribution in [2.75, 3.05) is 13.1 Å². The molecule has 6 nitrogen and oxygen atoms in total. The van der Waals surface area contributed by atoms with Crippen LogP contribution in [0.1, 0.15) is 35.2 Å². The summed E-state index contributed by atoms with van der Waals surface area (Å²) < 4.78 is 0. The highest BCUT2D eigenvalue weighted by Gasteiger charge is 2.39. The molecule has 1 aromatic heterocycles. The van der Waals surface area contributed by atoms with E-state index in [1.165, 1.54) is 4.80 Å². The summed E-state index contributed by atoms with van der Waals surface area (Å²) >= 11 is 0. The average molecular weight is 311 g/mol. The molecule has 0 aliphatic carbocycles. The van der Waals surface area contributed by atoms with Crippen molar-refractivity contribution < 1.29 is 4.79 Å². The van der Waals surface area contributed by atoms with Gasteiger partial charge >= 0.3 is 0 Å². The molecule has 2 unspecified atom stereocenters. The highest BCUT2D eigenvalue weighted by atomic mass is 16.2. The number of nitrogens with zero attached hydrogens (tertiary/aromatic N) is 4. The number of amides is 1. The Bertz CT molecular complexity index is 698. The minimum absolute atomic E-state index is 0.109. The van der Waals surface area contributed by atoms with Gasteiger partial charge in [0.1, 0.15) is 0 Å². The third kappa shape index (κ3) is 2.53. The number of carbonyl (C=O) groups excluding carboxylic acids is 1. The van der Waals surface area contributed by atoms with Crippen molar-refractivity contribution in [3.8, 4) is 5.69 Å². The van der Waals surface area contributed by atoms with Crippen LogP contribution in [0.4, 0.5) is 0 Å². The fourth-order valence-electron chi connectivity index (χ4n) is 3.79. The molecule has 6 heteroatoms. The number of carbonyl (C=O) groups is 1. The fraction of sp³-hybridized carbons (Fsp3) is 0.471. The van der Waals surface area contributed by atoms with Gasteiger partial charge in [0.25, 0.3) is 5.91 Å². The van der Waals surface area contributed by atoms with Crippen LogP contribution >= 0.6 is 0 Å². The summed E-state index contributed by atoms with van der Waals surface area (Å²) in [5, 5.41) is 11.8. The van der Waals surface area contributed by atoms with E-state index in [9.17, 15) is 4.79 Å². The van der Waals surface area contributed by atoms with Gasteiger partial charge < -0.3 is 10.2 Å². The van der Waals surface area contributed by atoms with Gasteiger partial charge in [0.05, 0.1) is 23.6 Å². The zero-order valence-corrected chi connectivity index (χ0v) is 13.3. The van der Waals surface area contributed by atoms with Gasteiger partial charge in [-0.3, -0.25) is 4.79 Å². The number of aryl methyl sites for hydroxylation is 1. The molecule has 2 aliphatic rings. The van der Waals surface area contributed by atoms with Crippen LogP contribution in [-0.2, 0) is 0 Å². The normalized spacial score (nSPS) is 23.8. The summed E-state index contributed by atoms with van der Waals surface area (Å²) in [6, 6.07) is 6.53. The summed E-state index contributed by atoms with van der Waals surface area (Å²) in [5.41, 5.74) is 2.52. The van der Waals surface area contributed by atoms with Crippen molar-refractivity contribution in [1.29, 1.82) is 0 Å². The van der Waals surface area contributed by atoms with Crippen LogP contribution in [-0.4, -0.2) is 51.0 Å². The van der Waals surface area contributed by atoms with Gasteiger partial charge in [-0.2, -0.15) is 15.0 Å². The molecular formula is C17H21N5O. The molecule has 1 N–H and O–H groups in total. The number of benzene rings is 1. The first-order chi connectivity index (χ1) is 11.2. The zero-order chi connectivity index (χ0) is 15.8. The Balaban J connectivity index is 1.75. The van der Waals surface area contributed by atoms with Gasteiger partial charge in [0, 0.05) is 18.6 Å². The summed E-state index contributed by atoms with van der Waals surface area (Å²) in [6.07, 6.45) is 6.49. The number of aromatic nitrogens is 3. The smallest absolute Gasteiger partial charge is 0.256 e. The third-order valence-electron chi connectivity index (χ3n) is 4.91. The van der Waals surface area contributed by atoms with Crippen LogP contribution in [0.3, 0.4) is 0 Å². The molecule has 4 rings (SSSR count). The van der Waals surface area contributed by atoms with Crippen molar-refractivity contribution in [1.82, 2.24) is 25.2 Å². The second kappa shape index (κ2) is 5.77. The number of nitrogens with one attached hydrogen (secondary N) is 1. The number of fused-ring (bicyclic) bond motifs is 2. The van der Waals surface area contributed by atoms with E-state index < -0.39 is 0 Å². The van der Waals surface area contributed by atoms with Crippen molar-refractivity contribution in [2.45, 2.75) is 38.3 Å². The molecule has 0 spiro atoms. The minimum atomic E-state index is 0.109. The molecule has 1 amide bonds. The van der Waals surface area contributed by atoms with E-state index in [-0.39, 0.29) is 5.91 Å². The second-order valence-electron chi connectivity index (χ2n) is 6.43. The monoisotopic (exact) mass is 311 g/mol. The molecule has 2 atom stereocenters. The SMILES string of the molecule is Cc1ccc(-n2nccn2)c(C(=O)N2C3CCNCC2CC3)c1. The van der Waals surface area contributed by atoms with E-state index in [0.717, 1.165) is 43.6 Å². The molecule has 3 heterocycles. The predicted octanol–water partition coefficient (Wildman–Crippen LogP) is 1.54. The maximum absolute atomic E-state index is 13.3. The van der Waals surface area contributed by atoms with E-state index >= 15 is 0 Å². The molecule has 120 valence electrons. The number of hydrogen-bond acceptors (Lipinski definition) is 4. The Kier molecular flexibility index (Phi) is 3.61. The van der Waals surface area contributed by atoms with Crippen LogP contribution in [0.5, 0.6) is 0 Å². The number of rotatable bonds is 2. The van der Waals surface area contributed by atoms with Crippen LogP contribution in [0, 0.1) is 6.92 Å². The molecule has 1 aromatic carbocycles. The average Bonchev–Trinajstić information content (AvgIpc) is 3.14. The van der Waals surface area contributed by atoms with Crippen LogP contribution < -0.4 is 5.32 Å². The Hall–Kier alpha value is -2.21. The second-order valence-corrected chi connectivity index (χ2v) is 6.43. The Labute approximate surface area is 135 Å². The van der Waals surface area contributed by atoms with Crippen molar-refractivity contribution in [2.24, 2.45) is 0 Å². The lowest BCUT2D eigenvalue weighted by Gasteiger charge is -2.28. The summed E-state index contributed by atoms with van der Waals surface area (Å²) in [6.45, 7) is 3.89. The maximum Gasteiger partial charge on any atom is 0.256 e. The van der Waals surface area contributed by atoms with Gasteiger partial charge in [-0.15, -0.1) is 0 Å². The zero-order valence-electron chi connectivity index (χ0n) is 13.3. The molecule has 2 saturated heterocycles. The molecule has 2 aliphatic heterocycles. The van der Waals surface area contributed by atoms with Crippen molar-refractivity contribution in [3.05, 3.63) is 41.7 Å². The lowest BCUT2D eigenvalue weighted by Crippen LogP contribution is -2.42. The first-order valence-corrected chi connectivity index (χ1v) is 8.25. The van der Waals surface area contributed by atoms with Gasteiger partial charge in [0.15, 0.2) is 0 Å². The van der Waals surface area contributed by atoms with Gasteiger partial charge in [-0.1, -0.05) is 11.6 Å². The maximum atomic E-state index is 13.3. The van der Waals surface area contributed by atoms with E-state index in [0.29, 0.717) is 17.6 Å². The summed E-state index contributed by atoms with van der Waals surface area (Å²) in [5.74, 6) is 0.109. The molecule has 2 aromatic rings. The largest absolute Gasteiger partial charge is 0.331 e. The topological polar surface area (TPSA) is 63.1 Å². The summed E-state index contributed by atoms with van der Waals surface area (Å²) in [7, 11) is 0. The predicted molar refractivity (Wildman–Crippen MR) is 86.6 cm³/mol. The highest BCUT2D eigenvalue weighted by Crippen LogP contribution is 2.31. The lowest BCUT2D eigenvalue weighted by molar-refractivity contribution is 0.0680. The van der Waals surface area contributed by atoms with E-state index in [1.54, 1.807) is 12.4 Å². The van der Waals surface area contributed by atoms with Crippen molar-refractivity contribution >= 4 is 5.91 Å². The molecule has 0 saturated carbocycles. The minimum Gasteiger partial charge on any atom is -0.331 e. The van der Waals surface area contributed by atoms with E-state index in [1.807, 2.05) is 25.1 Å². The van der Waals surface area contributed by atoms with Crippen LogP contribution in [0.15, 0.2) is 30.6 Å². The van der Waals surface area contributed by atoms with E-state index in [2.05, 4.69) is 20.4 Å². The first-order valence-electron chi connectivity index (χ1n) is 8.25. The van der Waals surface area contributed by atoms with Crippen molar-refractivity contribution in [3.63, 3.8) is 0 Å². The van der Waals surface area contributed by atoms with Crippen LogP contribution in [0.2, 0.25) is 0 Å².